The van der Waals surface area contributed by atoms with Gasteiger partial charge in [-0.25, -0.2) is 17.9 Å². The molecule has 1 unspecified atom stereocenters. The van der Waals surface area contributed by atoms with E-state index in [0.717, 1.165) is 0 Å². The average Bonchev–Trinajstić information content (AvgIpc) is 2.44. The zero-order chi connectivity index (χ0) is 16.0. The summed E-state index contributed by atoms with van der Waals surface area (Å²) in [5.41, 5.74) is 0.127. The van der Waals surface area contributed by atoms with Crippen LogP contribution in [0.15, 0.2) is 23.1 Å². The highest BCUT2D eigenvalue weighted by Crippen LogP contribution is 2.21. The Hall–Kier alpha value is -1.15. The summed E-state index contributed by atoms with van der Waals surface area (Å²) in [5.74, 6) is -0.464. The van der Waals surface area contributed by atoms with E-state index in [-0.39, 0.29) is 21.4 Å². The zero-order valence-corrected chi connectivity index (χ0v) is 13.7. The molecule has 0 fully saturated rings. The SMILES string of the molecule is CNCC(C)CNS(=O)(=O)c1ccc(C(=O)OC)c(Cl)c1. The van der Waals surface area contributed by atoms with Crippen molar-refractivity contribution in [1.29, 1.82) is 0 Å². The Labute approximate surface area is 129 Å². The maximum atomic E-state index is 12.1. The number of rotatable bonds is 7. The fraction of sp³-hybridized carbons (Fsp3) is 0.462. The average molecular weight is 335 g/mol. The van der Waals surface area contributed by atoms with Gasteiger partial charge >= 0.3 is 5.97 Å². The van der Waals surface area contributed by atoms with Gasteiger partial charge in [-0.1, -0.05) is 18.5 Å². The highest BCUT2D eigenvalue weighted by Gasteiger charge is 2.18. The lowest BCUT2D eigenvalue weighted by Gasteiger charge is -2.13. The zero-order valence-electron chi connectivity index (χ0n) is 12.1. The number of nitrogens with one attached hydrogen (secondary N) is 2. The molecule has 0 spiro atoms. The third-order valence-corrected chi connectivity index (χ3v) is 4.56. The van der Waals surface area contributed by atoms with E-state index in [4.69, 9.17) is 11.6 Å². The van der Waals surface area contributed by atoms with Crippen molar-refractivity contribution in [2.45, 2.75) is 11.8 Å². The Morgan fingerprint density at radius 2 is 2.05 bits per heavy atom. The van der Waals surface area contributed by atoms with Crippen molar-refractivity contribution in [3.8, 4) is 0 Å². The van der Waals surface area contributed by atoms with Gasteiger partial charge in [-0.05, 0) is 37.7 Å². The van der Waals surface area contributed by atoms with E-state index in [2.05, 4.69) is 14.8 Å². The van der Waals surface area contributed by atoms with Crippen LogP contribution in [0, 0.1) is 5.92 Å². The first-order chi connectivity index (χ1) is 9.81. The molecule has 1 aromatic carbocycles. The fourth-order valence-corrected chi connectivity index (χ4v) is 3.21. The van der Waals surface area contributed by atoms with Crippen molar-refractivity contribution in [3.63, 3.8) is 0 Å². The van der Waals surface area contributed by atoms with Crippen molar-refractivity contribution in [3.05, 3.63) is 28.8 Å². The maximum Gasteiger partial charge on any atom is 0.339 e. The Kier molecular flexibility index (Phi) is 6.60. The summed E-state index contributed by atoms with van der Waals surface area (Å²) in [7, 11) is -0.628. The highest BCUT2D eigenvalue weighted by atomic mass is 35.5. The van der Waals surface area contributed by atoms with E-state index in [1.165, 1.54) is 25.3 Å². The number of methoxy groups -OCH3 is 1. The quantitative estimate of drug-likeness (QED) is 0.733. The molecule has 0 aliphatic heterocycles. The van der Waals surface area contributed by atoms with Gasteiger partial charge in [0.1, 0.15) is 0 Å². The molecule has 0 saturated heterocycles. The van der Waals surface area contributed by atoms with Crippen LogP contribution in [-0.2, 0) is 14.8 Å². The van der Waals surface area contributed by atoms with Crippen LogP contribution in [0.4, 0.5) is 0 Å². The number of esters is 1. The van der Waals surface area contributed by atoms with Crippen LogP contribution in [0.5, 0.6) is 0 Å². The van der Waals surface area contributed by atoms with Crippen LogP contribution in [0.2, 0.25) is 5.02 Å². The van der Waals surface area contributed by atoms with Gasteiger partial charge in [-0.2, -0.15) is 0 Å². The first-order valence-electron chi connectivity index (χ1n) is 6.34. The Balaban J connectivity index is 2.89. The lowest BCUT2D eigenvalue weighted by Crippen LogP contribution is -2.32. The summed E-state index contributed by atoms with van der Waals surface area (Å²) in [6.45, 7) is 2.93. The highest BCUT2D eigenvalue weighted by molar-refractivity contribution is 7.89. The van der Waals surface area contributed by atoms with Crippen molar-refractivity contribution in [1.82, 2.24) is 10.0 Å². The molecule has 0 aromatic heterocycles. The lowest BCUT2D eigenvalue weighted by atomic mass is 10.2. The summed E-state index contributed by atoms with van der Waals surface area (Å²) >= 11 is 5.92. The molecule has 1 atom stereocenters. The van der Waals surface area contributed by atoms with Crippen molar-refractivity contribution in [2.24, 2.45) is 5.92 Å². The number of carbonyl (C=O) groups is 1. The molecule has 0 aliphatic rings. The third-order valence-electron chi connectivity index (χ3n) is 2.83. The monoisotopic (exact) mass is 334 g/mol. The fourth-order valence-electron chi connectivity index (χ4n) is 1.69. The standard InChI is InChI=1S/C13H19ClN2O4S/c1-9(7-15-2)8-16-21(18,19)10-4-5-11(12(14)6-10)13(17)20-3/h4-6,9,15-16H,7-8H2,1-3H3. The second-order valence-electron chi connectivity index (χ2n) is 4.65. The number of hydrogen-bond acceptors (Lipinski definition) is 5. The molecule has 0 bridgehead atoms. The Morgan fingerprint density at radius 3 is 2.57 bits per heavy atom. The van der Waals surface area contributed by atoms with Gasteiger partial charge in [0.05, 0.1) is 22.6 Å². The van der Waals surface area contributed by atoms with Gasteiger partial charge in [-0.3, -0.25) is 0 Å². The number of ether oxygens (including phenoxy) is 1. The lowest BCUT2D eigenvalue weighted by molar-refractivity contribution is 0.0601. The van der Waals surface area contributed by atoms with Crippen LogP contribution in [0.1, 0.15) is 17.3 Å². The van der Waals surface area contributed by atoms with Gasteiger partial charge in [0.25, 0.3) is 0 Å². The second kappa shape index (κ2) is 7.74. The van der Waals surface area contributed by atoms with Crippen LogP contribution in [0.25, 0.3) is 0 Å². The smallest absolute Gasteiger partial charge is 0.339 e. The molecule has 21 heavy (non-hydrogen) atoms. The van der Waals surface area contributed by atoms with Gasteiger partial charge in [0.2, 0.25) is 10.0 Å². The van der Waals surface area contributed by atoms with Crippen LogP contribution < -0.4 is 10.0 Å². The summed E-state index contributed by atoms with van der Waals surface area (Å²) in [4.78, 5) is 11.4. The number of sulfonamides is 1. The normalized spacial score (nSPS) is 13.0. The number of carbonyl (C=O) groups excluding carboxylic acids is 1. The molecule has 2 N–H and O–H groups in total. The van der Waals surface area contributed by atoms with E-state index in [1.54, 1.807) is 7.05 Å². The van der Waals surface area contributed by atoms with Crippen LogP contribution in [-0.4, -0.2) is 41.6 Å². The largest absolute Gasteiger partial charge is 0.465 e. The van der Waals surface area contributed by atoms with Crippen molar-refractivity contribution >= 4 is 27.6 Å². The van der Waals surface area contributed by atoms with E-state index in [0.29, 0.717) is 13.1 Å². The predicted octanol–water partition coefficient (Wildman–Crippen LogP) is 1.26. The molecule has 0 heterocycles. The van der Waals surface area contributed by atoms with Gasteiger partial charge in [0.15, 0.2) is 0 Å². The topological polar surface area (TPSA) is 84.5 Å². The Bertz CT molecular complexity index is 604. The molecule has 118 valence electrons. The molecule has 8 heteroatoms. The molecule has 1 rings (SSSR count). The minimum absolute atomic E-state index is 0.0109. The van der Waals surface area contributed by atoms with E-state index in [1.807, 2.05) is 6.92 Å². The summed E-state index contributed by atoms with van der Waals surface area (Å²) in [5, 5.41) is 3.01. The molecule has 0 radical (unpaired) electrons. The molecule has 0 amide bonds. The second-order valence-corrected chi connectivity index (χ2v) is 6.82. The molecular weight excluding hydrogens is 316 g/mol. The van der Waals surface area contributed by atoms with Gasteiger partial charge in [-0.15, -0.1) is 0 Å². The molecule has 0 saturated carbocycles. The third kappa shape index (κ3) is 4.96. The summed E-state index contributed by atoms with van der Waals surface area (Å²) in [6.07, 6.45) is 0. The number of halogens is 1. The van der Waals surface area contributed by atoms with Crippen LogP contribution in [0.3, 0.4) is 0 Å². The first kappa shape index (κ1) is 17.9. The van der Waals surface area contributed by atoms with Crippen molar-refractivity contribution < 1.29 is 17.9 Å². The summed E-state index contributed by atoms with van der Waals surface area (Å²) < 4.78 is 31.3. The number of hydrogen-bond donors (Lipinski definition) is 2. The minimum atomic E-state index is -3.66. The predicted molar refractivity (Wildman–Crippen MR) is 81.1 cm³/mol. The maximum absolute atomic E-state index is 12.1. The molecular formula is C13H19ClN2O4S. The summed E-state index contributed by atoms with van der Waals surface area (Å²) in [6, 6.07) is 3.89. The van der Waals surface area contributed by atoms with E-state index >= 15 is 0 Å². The van der Waals surface area contributed by atoms with Crippen molar-refractivity contribution in [2.75, 3.05) is 27.2 Å². The van der Waals surface area contributed by atoms with Crippen LogP contribution >= 0.6 is 11.6 Å². The molecule has 6 nitrogen and oxygen atoms in total. The van der Waals surface area contributed by atoms with E-state index < -0.39 is 16.0 Å². The minimum Gasteiger partial charge on any atom is -0.465 e. The Morgan fingerprint density at radius 1 is 1.38 bits per heavy atom. The van der Waals surface area contributed by atoms with Gasteiger partial charge < -0.3 is 10.1 Å². The number of benzene rings is 1. The molecule has 1 aromatic rings. The van der Waals surface area contributed by atoms with Gasteiger partial charge in [0, 0.05) is 6.54 Å². The molecule has 0 aliphatic carbocycles. The first-order valence-corrected chi connectivity index (χ1v) is 8.20. The van der Waals surface area contributed by atoms with E-state index in [9.17, 15) is 13.2 Å².